The number of aliphatic carboxylic acids is 1. The van der Waals surface area contributed by atoms with Gasteiger partial charge < -0.3 is 40.5 Å². The number of nitrogens with zero attached hydrogens (tertiary/aromatic N) is 2. The smallest absolute Gasteiger partial charge is 0.329 e. The molecular weight excluding hydrogens is 340 g/mol. The predicted octanol–water partition coefficient (Wildman–Crippen LogP) is -3.41. The van der Waals surface area contributed by atoms with Gasteiger partial charge in [0.2, 0.25) is 0 Å². The van der Waals surface area contributed by atoms with Crippen LogP contribution < -0.4 is 0 Å². The number of hydrogen-bond acceptors (Lipinski definition) is 10. The Bertz CT molecular complexity index is 528. The molecule has 0 radical (unpaired) electrons. The minimum Gasteiger partial charge on any atom is -0.480 e. The van der Waals surface area contributed by atoms with E-state index in [4.69, 9.17) is 20.1 Å². The summed E-state index contributed by atoms with van der Waals surface area (Å²) in [6, 6.07) is 0. The van der Waals surface area contributed by atoms with Gasteiger partial charge >= 0.3 is 5.97 Å². The van der Waals surface area contributed by atoms with Crippen molar-refractivity contribution in [3.05, 3.63) is 23.8 Å². The molecular formula is C14H22N2O9. The molecule has 0 amide bonds. The minimum absolute atomic E-state index is 0.0641. The third kappa shape index (κ3) is 6.59. The number of carbonyl (C=O) groups is 1. The van der Waals surface area contributed by atoms with E-state index in [1.165, 1.54) is 6.20 Å². The Balaban J connectivity index is 2.71. The number of hydrogen-bond donors (Lipinski definition) is 7. The molecule has 0 aromatic carbocycles. The second-order valence-corrected chi connectivity index (χ2v) is 5.32. The van der Waals surface area contributed by atoms with Gasteiger partial charge in [-0.25, -0.2) is 4.79 Å². The van der Waals surface area contributed by atoms with Crippen LogP contribution in [-0.2, 0) is 16.0 Å². The molecule has 0 saturated heterocycles. The van der Waals surface area contributed by atoms with E-state index in [0.29, 0.717) is 0 Å². The van der Waals surface area contributed by atoms with Crippen LogP contribution in [0.2, 0.25) is 0 Å². The number of rotatable bonds is 11. The molecule has 25 heavy (non-hydrogen) atoms. The highest BCUT2D eigenvalue weighted by molar-refractivity contribution is 5.68. The SMILES string of the molecule is O=C(O)CO[C@H](CO)[C@@H](O)[C@H](O)c1cnc(C[C@H](O)[C@H](O)CO)cn1. The Morgan fingerprint density at radius 3 is 2.20 bits per heavy atom. The molecule has 0 aliphatic heterocycles. The van der Waals surface area contributed by atoms with Crippen LogP contribution in [0.1, 0.15) is 17.5 Å². The third-order valence-corrected chi connectivity index (χ3v) is 3.38. The second-order valence-electron chi connectivity index (χ2n) is 5.32. The summed E-state index contributed by atoms with van der Waals surface area (Å²) in [6.07, 6.45) is -4.93. The number of aliphatic hydroxyl groups is 6. The van der Waals surface area contributed by atoms with Crippen LogP contribution in [0.3, 0.4) is 0 Å². The first-order valence-electron chi connectivity index (χ1n) is 7.38. The van der Waals surface area contributed by atoms with Crippen molar-refractivity contribution in [2.75, 3.05) is 19.8 Å². The first kappa shape index (κ1) is 21.3. The van der Waals surface area contributed by atoms with Crippen LogP contribution in [0, 0.1) is 0 Å². The number of aromatic nitrogens is 2. The molecule has 142 valence electrons. The molecule has 1 heterocycles. The van der Waals surface area contributed by atoms with E-state index in [2.05, 4.69) is 9.97 Å². The molecule has 11 nitrogen and oxygen atoms in total. The molecule has 7 N–H and O–H groups in total. The van der Waals surface area contributed by atoms with Crippen LogP contribution in [0.25, 0.3) is 0 Å². The van der Waals surface area contributed by atoms with Crippen molar-refractivity contribution < 1.29 is 45.3 Å². The monoisotopic (exact) mass is 362 g/mol. The molecule has 0 fully saturated rings. The van der Waals surface area contributed by atoms with Crippen LogP contribution in [0.15, 0.2) is 12.4 Å². The summed E-state index contributed by atoms with van der Waals surface area (Å²) in [7, 11) is 0. The van der Waals surface area contributed by atoms with Gasteiger partial charge in [-0.2, -0.15) is 0 Å². The Morgan fingerprint density at radius 2 is 1.72 bits per heavy atom. The van der Waals surface area contributed by atoms with Gasteiger partial charge in [-0.15, -0.1) is 0 Å². The first-order valence-corrected chi connectivity index (χ1v) is 7.38. The van der Waals surface area contributed by atoms with E-state index < -0.39 is 56.3 Å². The summed E-state index contributed by atoms with van der Waals surface area (Å²) in [5.41, 5.74) is 0.206. The van der Waals surface area contributed by atoms with Gasteiger partial charge in [-0.1, -0.05) is 0 Å². The lowest BCUT2D eigenvalue weighted by Gasteiger charge is -2.24. The molecule has 0 aliphatic rings. The topological polar surface area (TPSA) is 194 Å². The minimum atomic E-state index is -1.65. The number of carboxylic acids is 1. The fourth-order valence-corrected chi connectivity index (χ4v) is 1.91. The van der Waals surface area contributed by atoms with Crippen molar-refractivity contribution in [1.29, 1.82) is 0 Å². The Hall–Kier alpha value is -1.73. The second kappa shape index (κ2) is 10.3. The van der Waals surface area contributed by atoms with Crippen molar-refractivity contribution >= 4 is 5.97 Å². The van der Waals surface area contributed by atoms with Crippen LogP contribution >= 0.6 is 0 Å². The van der Waals surface area contributed by atoms with Gasteiger partial charge in [0.15, 0.2) is 0 Å². The lowest BCUT2D eigenvalue weighted by molar-refractivity contribution is -0.153. The van der Waals surface area contributed by atoms with Gasteiger partial charge in [0.25, 0.3) is 0 Å². The molecule has 1 aromatic heterocycles. The number of aliphatic hydroxyl groups excluding tert-OH is 6. The fourth-order valence-electron chi connectivity index (χ4n) is 1.91. The van der Waals surface area contributed by atoms with Crippen molar-refractivity contribution in [3.63, 3.8) is 0 Å². The highest BCUT2D eigenvalue weighted by atomic mass is 16.5. The number of carboxylic acid groups (broad SMARTS) is 1. The van der Waals surface area contributed by atoms with E-state index in [-0.39, 0.29) is 17.8 Å². The van der Waals surface area contributed by atoms with Crippen molar-refractivity contribution in [2.45, 2.75) is 36.9 Å². The average Bonchev–Trinajstić information content (AvgIpc) is 2.61. The van der Waals surface area contributed by atoms with Crippen molar-refractivity contribution in [1.82, 2.24) is 9.97 Å². The highest BCUT2D eigenvalue weighted by Crippen LogP contribution is 2.18. The average molecular weight is 362 g/mol. The van der Waals surface area contributed by atoms with E-state index >= 15 is 0 Å². The quantitative estimate of drug-likeness (QED) is 0.207. The first-order chi connectivity index (χ1) is 11.8. The van der Waals surface area contributed by atoms with Gasteiger partial charge in [-0.3, -0.25) is 9.97 Å². The summed E-state index contributed by atoms with van der Waals surface area (Å²) in [5, 5.41) is 65.3. The standard InChI is InChI=1S/C14H22N2O9/c17-4-10(20)9(19)1-7-2-16-8(3-15-7)13(23)14(24)11(5-18)25-6-12(21)22/h2-3,9-11,13-14,17-20,23-24H,1,4-6H2,(H,21,22)/t9-,10+,11+,13+,14+/m0/s1. The largest absolute Gasteiger partial charge is 0.480 e. The molecule has 0 unspecified atom stereocenters. The molecule has 1 aromatic rings. The maximum atomic E-state index is 10.5. The fraction of sp³-hybridized carbons (Fsp3) is 0.643. The molecule has 0 bridgehead atoms. The van der Waals surface area contributed by atoms with Crippen LogP contribution in [-0.4, -0.2) is 95.9 Å². The lowest BCUT2D eigenvalue weighted by Crippen LogP contribution is -2.38. The molecule has 5 atom stereocenters. The third-order valence-electron chi connectivity index (χ3n) is 3.38. The van der Waals surface area contributed by atoms with E-state index in [9.17, 15) is 25.2 Å². The van der Waals surface area contributed by atoms with Crippen LogP contribution in [0.4, 0.5) is 0 Å². The summed E-state index contributed by atoms with van der Waals surface area (Å²) in [4.78, 5) is 18.2. The van der Waals surface area contributed by atoms with Crippen molar-refractivity contribution in [2.24, 2.45) is 0 Å². The molecule has 1 rings (SSSR count). The Morgan fingerprint density at radius 1 is 1.04 bits per heavy atom. The summed E-state index contributed by atoms with van der Waals surface area (Å²) in [6.45, 7) is -2.09. The lowest BCUT2D eigenvalue weighted by atomic mass is 10.1. The highest BCUT2D eigenvalue weighted by Gasteiger charge is 2.29. The van der Waals surface area contributed by atoms with Crippen LogP contribution in [0.5, 0.6) is 0 Å². The summed E-state index contributed by atoms with van der Waals surface area (Å²) in [5.74, 6) is -1.30. The maximum absolute atomic E-state index is 10.5. The van der Waals surface area contributed by atoms with E-state index in [0.717, 1.165) is 6.20 Å². The zero-order valence-electron chi connectivity index (χ0n) is 13.2. The zero-order chi connectivity index (χ0) is 19.0. The molecule has 0 spiro atoms. The van der Waals surface area contributed by atoms with E-state index in [1.807, 2.05) is 0 Å². The predicted molar refractivity (Wildman–Crippen MR) is 80.3 cm³/mol. The Kier molecular flexibility index (Phi) is 8.78. The normalized spacial score (nSPS) is 17.5. The molecule has 0 saturated carbocycles. The summed E-state index contributed by atoms with van der Waals surface area (Å²) >= 11 is 0. The number of ether oxygens (including phenoxy) is 1. The summed E-state index contributed by atoms with van der Waals surface area (Å²) < 4.78 is 4.78. The Labute approximate surface area is 142 Å². The molecule has 0 aliphatic carbocycles. The van der Waals surface area contributed by atoms with Gasteiger partial charge in [0.1, 0.15) is 31.0 Å². The van der Waals surface area contributed by atoms with Crippen molar-refractivity contribution in [3.8, 4) is 0 Å². The zero-order valence-corrected chi connectivity index (χ0v) is 13.2. The van der Waals surface area contributed by atoms with E-state index in [1.54, 1.807) is 0 Å². The van der Waals surface area contributed by atoms with Gasteiger partial charge in [0, 0.05) is 12.6 Å². The molecule has 11 heteroatoms. The van der Waals surface area contributed by atoms with Gasteiger partial charge in [0.05, 0.1) is 36.9 Å². The maximum Gasteiger partial charge on any atom is 0.329 e. The van der Waals surface area contributed by atoms with Gasteiger partial charge in [-0.05, 0) is 0 Å².